The zero-order valence-corrected chi connectivity index (χ0v) is 7.52. The van der Waals surface area contributed by atoms with Gasteiger partial charge in [0.1, 0.15) is 0 Å². The summed E-state index contributed by atoms with van der Waals surface area (Å²) in [7, 11) is 4.04. The Morgan fingerprint density at radius 2 is 2.42 bits per heavy atom. The summed E-state index contributed by atoms with van der Waals surface area (Å²) >= 11 is 0. The predicted molar refractivity (Wildman–Crippen MR) is 48.2 cm³/mol. The Morgan fingerprint density at radius 1 is 1.58 bits per heavy atom. The number of nitrogens with one attached hydrogen (secondary N) is 2. The van der Waals surface area contributed by atoms with Gasteiger partial charge in [-0.05, 0) is 7.05 Å². The third-order valence-electron chi connectivity index (χ3n) is 2.36. The second-order valence-corrected chi connectivity index (χ2v) is 3.27. The number of H-pyrrole nitrogens is 1. The maximum absolute atomic E-state index is 4.19. The summed E-state index contributed by atoms with van der Waals surface area (Å²) in [6.07, 6.45) is 1.08. The van der Waals surface area contributed by atoms with Crippen LogP contribution in [0.15, 0.2) is 0 Å². The maximum atomic E-state index is 4.19. The first-order chi connectivity index (χ1) is 5.81. The average molecular weight is 166 g/mol. The molecule has 0 amide bonds. The Kier molecular flexibility index (Phi) is 1.77. The normalized spacial score (nSPS) is 17.5. The molecule has 0 bridgehead atoms. The molecule has 1 aliphatic heterocycles. The molecule has 1 aliphatic rings. The number of hydrogen-bond donors (Lipinski definition) is 2. The van der Waals surface area contributed by atoms with E-state index in [1.165, 1.54) is 11.3 Å². The van der Waals surface area contributed by atoms with Crippen molar-refractivity contribution in [3.63, 3.8) is 0 Å². The Balaban J connectivity index is 2.34. The van der Waals surface area contributed by atoms with Gasteiger partial charge in [0.2, 0.25) is 0 Å². The molecular formula is C8H14N4. The molecule has 0 fully saturated rings. The van der Waals surface area contributed by atoms with Crippen molar-refractivity contribution in [3.8, 4) is 0 Å². The first kappa shape index (κ1) is 7.61. The van der Waals surface area contributed by atoms with Crippen LogP contribution in [0.25, 0.3) is 0 Å². The number of nitrogens with zero attached hydrogens (tertiary/aromatic N) is 2. The Bertz CT molecular complexity index is 265. The van der Waals surface area contributed by atoms with E-state index in [1.54, 1.807) is 0 Å². The van der Waals surface area contributed by atoms with Crippen molar-refractivity contribution in [3.05, 3.63) is 11.3 Å². The molecule has 0 spiro atoms. The zero-order valence-electron chi connectivity index (χ0n) is 7.52. The summed E-state index contributed by atoms with van der Waals surface area (Å²) in [5.74, 6) is 0.997. The van der Waals surface area contributed by atoms with E-state index in [0.717, 1.165) is 25.3 Å². The summed E-state index contributed by atoms with van der Waals surface area (Å²) < 4.78 is 0. The van der Waals surface area contributed by atoms with Crippen molar-refractivity contribution < 1.29 is 0 Å². The van der Waals surface area contributed by atoms with Gasteiger partial charge in [-0.25, -0.2) is 0 Å². The number of likely N-dealkylation sites (N-methyl/N-ethyl adjacent to an activating group) is 1. The van der Waals surface area contributed by atoms with Crippen LogP contribution < -0.4 is 5.32 Å². The molecule has 0 atom stereocenters. The number of aromatic amines is 1. The molecule has 1 aromatic heterocycles. The van der Waals surface area contributed by atoms with Crippen LogP contribution in [0.3, 0.4) is 0 Å². The molecule has 0 saturated heterocycles. The van der Waals surface area contributed by atoms with E-state index in [4.69, 9.17) is 0 Å². The Hall–Kier alpha value is -1.03. The Morgan fingerprint density at radius 3 is 3.17 bits per heavy atom. The van der Waals surface area contributed by atoms with Crippen molar-refractivity contribution >= 4 is 5.82 Å². The second-order valence-electron chi connectivity index (χ2n) is 3.27. The minimum Gasteiger partial charge on any atom is -0.371 e. The zero-order chi connectivity index (χ0) is 8.55. The quantitative estimate of drug-likeness (QED) is 0.636. The van der Waals surface area contributed by atoms with Gasteiger partial charge in [-0.15, -0.1) is 0 Å². The van der Waals surface area contributed by atoms with Gasteiger partial charge in [-0.1, -0.05) is 0 Å². The standard InChI is InChI=1S/C8H14N4/c1-9-8-6-5-12(2)4-3-7(6)10-11-8/h3-5H2,1-2H3,(H2,9,10,11). The van der Waals surface area contributed by atoms with Gasteiger partial charge in [0.05, 0.1) is 0 Å². The van der Waals surface area contributed by atoms with Crippen LogP contribution >= 0.6 is 0 Å². The molecule has 2 rings (SSSR count). The minimum atomic E-state index is 0.997. The summed E-state index contributed by atoms with van der Waals surface area (Å²) in [4.78, 5) is 2.30. The third kappa shape index (κ3) is 1.08. The van der Waals surface area contributed by atoms with Crippen molar-refractivity contribution in [2.45, 2.75) is 13.0 Å². The highest BCUT2D eigenvalue weighted by Gasteiger charge is 2.18. The lowest BCUT2D eigenvalue weighted by Gasteiger charge is -2.21. The molecule has 0 saturated carbocycles. The maximum Gasteiger partial charge on any atom is 0.152 e. The molecule has 12 heavy (non-hydrogen) atoms. The average Bonchev–Trinajstić information content (AvgIpc) is 2.46. The molecular weight excluding hydrogens is 152 g/mol. The van der Waals surface area contributed by atoms with Crippen molar-refractivity contribution in [1.29, 1.82) is 0 Å². The topological polar surface area (TPSA) is 44.0 Å². The molecule has 0 aliphatic carbocycles. The first-order valence-corrected chi connectivity index (χ1v) is 4.23. The third-order valence-corrected chi connectivity index (χ3v) is 2.36. The second kappa shape index (κ2) is 2.79. The molecule has 0 radical (unpaired) electrons. The number of fused-ring (bicyclic) bond motifs is 1. The highest BCUT2D eigenvalue weighted by Crippen LogP contribution is 2.21. The van der Waals surface area contributed by atoms with Crippen LogP contribution in [-0.4, -0.2) is 35.7 Å². The summed E-state index contributed by atoms with van der Waals surface area (Å²) in [5, 5.41) is 10.3. The SMILES string of the molecule is CNc1n[nH]c2c1CN(C)CC2. The fourth-order valence-electron chi connectivity index (χ4n) is 1.64. The number of anilines is 1. The molecule has 1 aromatic rings. The fourth-order valence-corrected chi connectivity index (χ4v) is 1.64. The lowest BCUT2D eigenvalue weighted by molar-refractivity contribution is 0.312. The smallest absolute Gasteiger partial charge is 0.152 e. The van der Waals surface area contributed by atoms with Gasteiger partial charge in [0.25, 0.3) is 0 Å². The highest BCUT2D eigenvalue weighted by molar-refractivity contribution is 5.46. The predicted octanol–water partition coefficient (Wildman–Crippen LogP) is 0.439. The van der Waals surface area contributed by atoms with E-state index < -0.39 is 0 Å². The van der Waals surface area contributed by atoms with Gasteiger partial charge >= 0.3 is 0 Å². The lowest BCUT2D eigenvalue weighted by atomic mass is 10.1. The van der Waals surface area contributed by atoms with Gasteiger partial charge < -0.3 is 10.2 Å². The molecule has 2 N–H and O–H groups in total. The van der Waals surface area contributed by atoms with Crippen LogP contribution in [0.2, 0.25) is 0 Å². The number of hydrogen-bond acceptors (Lipinski definition) is 3. The lowest BCUT2D eigenvalue weighted by Crippen LogP contribution is -2.26. The molecule has 4 nitrogen and oxygen atoms in total. The van der Waals surface area contributed by atoms with Crippen molar-refractivity contribution in [2.24, 2.45) is 0 Å². The van der Waals surface area contributed by atoms with Gasteiger partial charge in [0.15, 0.2) is 5.82 Å². The monoisotopic (exact) mass is 166 g/mol. The van der Waals surface area contributed by atoms with E-state index in [0.29, 0.717) is 0 Å². The number of rotatable bonds is 1. The van der Waals surface area contributed by atoms with Crippen molar-refractivity contribution in [2.75, 3.05) is 26.0 Å². The van der Waals surface area contributed by atoms with Crippen LogP contribution in [0.5, 0.6) is 0 Å². The van der Waals surface area contributed by atoms with Gasteiger partial charge in [-0.2, -0.15) is 5.10 Å². The van der Waals surface area contributed by atoms with E-state index in [1.807, 2.05) is 7.05 Å². The molecule has 0 aromatic carbocycles. The Labute approximate surface area is 72.0 Å². The highest BCUT2D eigenvalue weighted by atomic mass is 15.2. The van der Waals surface area contributed by atoms with Gasteiger partial charge in [-0.3, -0.25) is 5.10 Å². The van der Waals surface area contributed by atoms with Crippen LogP contribution in [0.4, 0.5) is 5.82 Å². The molecule has 2 heterocycles. The molecule has 0 unspecified atom stereocenters. The fraction of sp³-hybridized carbons (Fsp3) is 0.625. The van der Waals surface area contributed by atoms with E-state index in [-0.39, 0.29) is 0 Å². The van der Waals surface area contributed by atoms with E-state index in [2.05, 4.69) is 27.5 Å². The summed E-state index contributed by atoms with van der Waals surface area (Å²) in [5.41, 5.74) is 2.61. The van der Waals surface area contributed by atoms with Crippen LogP contribution in [0.1, 0.15) is 11.3 Å². The van der Waals surface area contributed by atoms with Gasteiger partial charge in [0, 0.05) is 37.8 Å². The molecule has 4 heteroatoms. The van der Waals surface area contributed by atoms with Crippen LogP contribution in [-0.2, 0) is 13.0 Å². The summed E-state index contributed by atoms with van der Waals surface area (Å²) in [6, 6.07) is 0. The number of aromatic nitrogens is 2. The van der Waals surface area contributed by atoms with E-state index in [9.17, 15) is 0 Å². The first-order valence-electron chi connectivity index (χ1n) is 4.23. The van der Waals surface area contributed by atoms with E-state index >= 15 is 0 Å². The summed E-state index contributed by atoms with van der Waals surface area (Å²) in [6.45, 7) is 2.13. The largest absolute Gasteiger partial charge is 0.371 e. The van der Waals surface area contributed by atoms with Crippen molar-refractivity contribution in [1.82, 2.24) is 15.1 Å². The molecule has 66 valence electrons. The minimum absolute atomic E-state index is 0.997. The van der Waals surface area contributed by atoms with Crippen LogP contribution in [0, 0.1) is 0 Å².